The molecule has 1 aliphatic rings. The molecule has 0 radical (unpaired) electrons. The number of methoxy groups -OCH3 is 1. The summed E-state index contributed by atoms with van der Waals surface area (Å²) in [5, 5.41) is 0. The predicted octanol–water partition coefficient (Wildman–Crippen LogP) is 7.18. The predicted molar refractivity (Wildman–Crippen MR) is 100.0 cm³/mol. The van der Waals surface area contributed by atoms with Gasteiger partial charge >= 0.3 is 0 Å². The molecule has 1 fully saturated rings. The van der Waals surface area contributed by atoms with Gasteiger partial charge in [-0.2, -0.15) is 0 Å². The topological polar surface area (TPSA) is 9.23 Å². The highest BCUT2D eigenvalue weighted by molar-refractivity contribution is 4.71. The number of unbranched alkanes of at least 4 members (excludes halogenated alkanes) is 2. The minimum atomic E-state index is 0.564. The Kier molecular flexibility index (Phi) is 29.6. The Morgan fingerprint density at radius 3 is 1.81 bits per heavy atom. The van der Waals surface area contributed by atoms with Crippen LogP contribution in [0.5, 0.6) is 0 Å². The molecule has 2 unspecified atom stereocenters. The van der Waals surface area contributed by atoms with Crippen LogP contribution in [-0.4, -0.2) is 13.2 Å². The molecule has 0 bridgehead atoms. The zero-order valence-corrected chi connectivity index (χ0v) is 15.8. The van der Waals surface area contributed by atoms with E-state index >= 15 is 0 Å². The van der Waals surface area contributed by atoms with E-state index in [2.05, 4.69) is 33.9 Å². The first-order chi connectivity index (χ1) is 10.2. The van der Waals surface area contributed by atoms with Crippen LogP contribution in [0.25, 0.3) is 0 Å². The van der Waals surface area contributed by atoms with Crippen molar-refractivity contribution in [1.29, 1.82) is 0 Å². The van der Waals surface area contributed by atoms with E-state index in [1.54, 1.807) is 0 Å². The van der Waals surface area contributed by atoms with Gasteiger partial charge in [0.15, 0.2) is 0 Å². The SMILES string of the molecule is C=CCCCC=C.CC.CCC.COC1CCCC(C)C1. The summed E-state index contributed by atoms with van der Waals surface area (Å²) in [4.78, 5) is 0. The van der Waals surface area contributed by atoms with Crippen LogP contribution in [-0.2, 0) is 4.74 Å². The summed E-state index contributed by atoms with van der Waals surface area (Å²) in [5.41, 5.74) is 0. The van der Waals surface area contributed by atoms with Crippen molar-refractivity contribution in [2.75, 3.05) is 7.11 Å². The van der Waals surface area contributed by atoms with Gasteiger partial charge in [-0.1, -0.05) is 66.0 Å². The summed E-state index contributed by atoms with van der Waals surface area (Å²) >= 11 is 0. The minimum absolute atomic E-state index is 0.564. The number of ether oxygens (including phenoxy) is 1. The van der Waals surface area contributed by atoms with E-state index < -0.39 is 0 Å². The van der Waals surface area contributed by atoms with Crippen LogP contribution in [0.15, 0.2) is 25.3 Å². The molecule has 1 heteroatoms. The molecule has 0 aromatic heterocycles. The van der Waals surface area contributed by atoms with E-state index in [1.165, 1.54) is 38.5 Å². The van der Waals surface area contributed by atoms with Crippen LogP contribution in [0, 0.1) is 5.92 Å². The minimum Gasteiger partial charge on any atom is -0.381 e. The highest BCUT2D eigenvalue weighted by atomic mass is 16.5. The smallest absolute Gasteiger partial charge is 0.0573 e. The standard InChI is InChI=1S/C8H16O.C7H12.C3H8.C2H6/c1-7-4-3-5-8(6-7)9-2;1-3-5-7-6-4-2;1-3-2;1-2/h7-8H,3-6H2,1-2H3;3-4H,1-2,5-7H2;3H2,1-2H3;1-2H3. The Hall–Kier alpha value is -0.560. The van der Waals surface area contributed by atoms with Crippen LogP contribution in [0.4, 0.5) is 0 Å². The quantitative estimate of drug-likeness (QED) is 0.385. The maximum absolute atomic E-state index is 5.26. The van der Waals surface area contributed by atoms with Gasteiger partial charge in [0.1, 0.15) is 0 Å². The summed E-state index contributed by atoms with van der Waals surface area (Å²) in [6.07, 6.45) is 14.4. The van der Waals surface area contributed by atoms with Crippen LogP contribution >= 0.6 is 0 Å². The first kappa shape index (κ1) is 25.4. The molecule has 0 amide bonds. The second-order valence-corrected chi connectivity index (χ2v) is 5.34. The van der Waals surface area contributed by atoms with Crippen LogP contribution in [0.2, 0.25) is 0 Å². The van der Waals surface area contributed by atoms with Gasteiger partial charge in [-0.05, 0) is 38.0 Å². The number of rotatable bonds is 5. The van der Waals surface area contributed by atoms with Crippen molar-refractivity contribution in [2.45, 2.75) is 92.1 Å². The van der Waals surface area contributed by atoms with Gasteiger partial charge < -0.3 is 4.74 Å². The Bertz CT molecular complexity index is 178. The summed E-state index contributed by atoms with van der Waals surface area (Å²) in [5.74, 6) is 0.892. The molecule has 0 spiro atoms. The molecular weight excluding hydrogens is 256 g/mol. The second kappa shape index (κ2) is 24.5. The van der Waals surface area contributed by atoms with Gasteiger partial charge in [-0.3, -0.25) is 0 Å². The molecule has 1 saturated carbocycles. The number of allylic oxidation sites excluding steroid dienone is 2. The van der Waals surface area contributed by atoms with E-state index in [0.29, 0.717) is 6.10 Å². The summed E-state index contributed by atoms with van der Waals surface area (Å²) < 4.78 is 5.26. The molecule has 0 aromatic rings. The van der Waals surface area contributed by atoms with E-state index in [9.17, 15) is 0 Å². The molecule has 21 heavy (non-hydrogen) atoms. The largest absolute Gasteiger partial charge is 0.381 e. The molecule has 0 aromatic carbocycles. The molecule has 0 aliphatic heterocycles. The zero-order chi connectivity index (χ0) is 16.9. The lowest BCUT2D eigenvalue weighted by molar-refractivity contribution is 0.0542. The average Bonchev–Trinajstić information content (AvgIpc) is 2.51. The summed E-state index contributed by atoms with van der Waals surface area (Å²) in [6, 6.07) is 0. The lowest BCUT2D eigenvalue weighted by Gasteiger charge is -2.25. The van der Waals surface area contributed by atoms with Crippen LogP contribution in [0.3, 0.4) is 0 Å². The van der Waals surface area contributed by atoms with Crippen molar-refractivity contribution >= 4 is 0 Å². The Labute approximate surface area is 135 Å². The normalized spacial score (nSPS) is 19.5. The second-order valence-electron chi connectivity index (χ2n) is 5.34. The molecule has 0 saturated heterocycles. The van der Waals surface area contributed by atoms with Crippen molar-refractivity contribution in [3.8, 4) is 0 Å². The first-order valence-corrected chi connectivity index (χ1v) is 8.90. The highest BCUT2D eigenvalue weighted by Gasteiger charge is 2.17. The summed E-state index contributed by atoms with van der Waals surface area (Å²) in [7, 11) is 1.82. The van der Waals surface area contributed by atoms with Gasteiger partial charge in [-0.25, -0.2) is 0 Å². The fourth-order valence-corrected chi connectivity index (χ4v) is 2.00. The van der Waals surface area contributed by atoms with Crippen molar-refractivity contribution in [1.82, 2.24) is 0 Å². The third-order valence-electron chi connectivity index (χ3n) is 3.04. The maximum atomic E-state index is 5.26. The lowest BCUT2D eigenvalue weighted by atomic mass is 9.89. The van der Waals surface area contributed by atoms with Gasteiger partial charge in [0, 0.05) is 7.11 Å². The fourth-order valence-electron chi connectivity index (χ4n) is 2.00. The van der Waals surface area contributed by atoms with Gasteiger partial charge in [0.25, 0.3) is 0 Å². The molecule has 0 heterocycles. The molecule has 1 nitrogen and oxygen atoms in total. The van der Waals surface area contributed by atoms with Crippen molar-refractivity contribution in [2.24, 2.45) is 5.92 Å². The molecule has 128 valence electrons. The first-order valence-electron chi connectivity index (χ1n) is 8.90. The van der Waals surface area contributed by atoms with Crippen LogP contribution in [0.1, 0.15) is 86.0 Å². The molecule has 1 aliphatic carbocycles. The van der Waals surface area contributed by atoms with Crippen molar-refractivity contribution < 1.29 is 4.74 Å². The van der Waals surface area contributed by atoms with Gasteiger partial charge in [0.05, 0.1) is 6.10 Å². The maximum Gasteiger partial charge on any atom is 0.0573 e. The number of hydrogen-bond donors (Lipinski definition) is 0. The highest BCUT2D eigenvalue weighted by Crippen LogP contribution is 2.24. The third-order valence-corrected chi connectivity index (χ3v) is 3.04. The molecule has 0 N–H and O–H groups in total. The lowest BCUT2D eigenvalue weighted by Crippen LogP contribution is -2.19. The van der Waals surface area contributed by atoms with Crippen LogP contribution < -0.4 is 0 Å². The third kappa shape index (κ3) is 24.8. The Balaban J connectivity index is -0.000000242. The van der Waals surface area contributed by atoms with E-state index in [-0.39, 0.29) is 0 Å². The molecule has 1 rings (SSSR count). The zero-order valence-electron chi connectivity index (χ0n) is 15.8. The summed E-state index contributed by atoms with van der Waals surface area (Å²) in [6.45, 7) is 17.8. The van der Waals surface area contributed by atoms with Crippen molar-refractivity contribution in [3.63, 3.8) is 0 Å². The van der Waals surface area contributed by atoms with E-state index in [1.807, 2.05) is 33.1 Å². The fraction of sp³-hybridized carbons (Fsp3) is 0.800. The van der Waals surface area contributed by atoms with E-state index in [0.717, 1.165) is 18.8 Å². The number of hydrogen-bond acceptors (Lipinski definition) is 1. The van der Waals surface area contributed by atoms with Gasteiger partial charge in [-0.15, -0.1) is 13.2 Å². The molecule has 2 atom stereocenters. The average molecular weight is 299 g/mol. The Morgan fingerprint density at radius 1 is 1.05 bits per heavy atom. The van der Waals surface area contributed by atoms with Crippen molar-refractivity contribution in [3.05, 3.63) is 25.3 Å². The Morgan fingerprint density at radius 2 is 1.52 bits per heavy atom. The monoisotopic (exact) mass is 298 g/mol. The van der Waals surface area contributed by atoms with Gasteiger partial charge in [0.2, 0.25) is 0 Å². The molecular formula is C20H42O. The van der Waals surface area contributed by atoms with E-state index in [4.69, 9.17) is 4.74 Å².